The van der Waals surface area contributed by atoms with Gasteiger partial charge in [0.25, 0.3) is 0 Å². The Morgan fingerprint density at radius 1 is 0.532 bits per heavy atom. The van der Waals surface area contributed by atoms with Crippen molar-refractivity contribution in [1.82, 2.24) is 0 Å². The third kappa shape index (κ3) is 5.56. The molecule has 1 N–H and O–H groups in total. The van der Waals surface area contributed by atoms with Gasteiger partial charge in [0, 0.05) is 37.5 Å². The maximum Gasteiger partial charge on any atom is 0.161 e. The molecular weight excluding hydrogens is 591 g/mol. The van der Waals surface area contributed by atoms with Crippen molar-refractivity contribution in [3.63, 3.8) is 0 Å². The van der Waals surface area contributed by atoms with Gasteiger partial charge < -0.3 is 0 Å². The van der Waals surface area contributed by atoms with Crippen molar-refractivity contribution in [2.45, 2.75) is 0 Å². The lowest BCUT2D eigenvalue weighted by Gasteiger charge is -2.13. The summed E-state index contributed by atoms with van der Waals surface area (Å²) in [6, 6.07) is 56.3. The summed E-state index contributed by atoms with van der Waals surface area (Å²) in [5, 5.41) is 13.8. The van der Waals surface area contributed by atoms with Gasteiger partial charge in [-0.1, -0.05) is 146 Å². The van der Waals surface area contributed by atoms with Crippen LogP contribution in [0.3, 0.4) is 0 Å². The van der Waals surface area contributed by atoms with Crippen molar-refractivity contribution in [3.8, 4) is 22.3 Å². The molecule has 0 saturated carbocycles. The topological polar surface area (TPSA) is 48.6 Å². The van der Waals surface area contributed by atoms with Crippen molar-refractivity contribution in [2.75, 3.05) is 0 Å². The van der Waals surface area contributed by atoms with Crippen molar-refractivity contribution in [1.29, 1.82) is 5.41 Å². The van der Waals surface area contributed by atoms with Crippen LogP contribution in [0.5, 0.6) is 0 Å². The molecule has 0 saturated heterocycles. The summed E-state index contributed by atoms with van der Waals surface area (Å²) in [5.74, 6) is 0.665. The van der Waals surface area contributed by atoms with E-state index in [9.17, 15) is 0 Å². The van der Waals surface area contributed by atoms with E-state index in [1.807, 2.05) is 84.1 Å². The number of nitrogens with one attached hydrogen (secondary N) is 1. The second-order valence-electron chi connectivity index (χ2n) is 11.4. The third-order valence-electron chi connectivity index (χ3n) is 8.45. The van der Waals surface area contributed by atoms with E-state index in [0.29, 0.717) is 5.84 Å². The summed E-state index contributed by atoms with van der Waals surface area (Å²) in [7, 11) is 0. The molecule has 0 bridgehead atoms. The molecule has 8 rings (SSSR count). The molecule has 0 amide bonds. The SMILES string of the molecule is N=C(N=C(N=Cc1ccccc1)c1ccccc1)c1ccc(-c2cccc(-c3cccc4c3sc3ccccc34)c2)c2ccccc12. The number of rotatable bonds is 5. The van der Waals surface area contributed by atoms with Gasteiger partial charge in [-0.2, -0.15) is 0 Å². The van der Waals surface area contributed by atoms with E-state index in [2.05, 4.69) is 91.0 Å². The minimum Gasteiger partial charge on any atom is -0.282 e. The Balaban J connectivity index is 1.20. The summed E-state index contributed by atoms with van der Waals surface area (Å²) in [6.07, 6.45) is 1.80. The fourth-order valence-corrected chi connectivity index (χ4v) is 7.42. The second-order valence-corrected chi connectivity index (χ2v) is 12.4. The lowest BCUT2D eigenvalue weighted by molar-refractivity contribution is 1.41. The Hall–Kier alpha value is -5.97. The van der Waals surface area contributed by atoms with E-state index >= 15 is 0 Å². The van der Waals surface area contributed by atoms with Gasteiger partial charge in [0.2, 0.25) is 0 Å². The van der Waals surface area contributed by atoms with Crippen LogP contribution in [0.15, 0.2) is 174 Å². The highest BCUT2D eigenvalue weighted by molar-refractivity contribution is 7.26. The average Bonchev–Trinajstić information content (AvgIpc) is 3.53. The average molecular weight is 620 g/mol. The molecule has 0 aliphatic carbocycles. The van der Waals surface area contributed by atoms with Gasteiger partial charge in [-0.25, -0.2) is 9.98 Å². The van der Waals surface area contributed by atoms with Crippen LogP contribution in [0, 0.1) is 5.41 Å². The molecule has 47 heavy (non-hydrogen) atoms. The maximum atomic E-state index is 9.16. The molecule has 4 heteroatoms. The summed E-state index contributed by atoms with van der Waals surface area (Å²) in [6.45, 7) is 0. The second kappa shape index (κ2) is 12.4. The zero-order valence-electron chi connectivity index (χ0n) is 25.5. The molecule has 3 nitrogen and oxygen atoms in total. The summed E-state index contributed by atoms with van der Waals surface area (Å²) in [4.78, 5) is 9.52. The van der Waals surface area contributed by atoms with Crippen LogP contribution in [-0.2, 0) is 0 Å². The van der Waals surface area contributed by atoms with Crippen molar-refractivity contribution < 1.29 is 0 Å². The third-order valence-corrected chi connectivity index (χ3v) is 9.67. The molecule has 8 aromatic rings. The predicted molar refractivity (Wildman–Crippen MR) is 202 cm³/mol. The predicted octanol–water partition coefficient (Wildman–Crippen LogP) is 11.4. The summed E-state index contributed by atoms with van der Waals surface area (Å²) in [5.41, 5.74) is 7.28. The van der Waals surface area contributed by atoms with Gasteiger partial charge in [-0.05, 0) is 56.8 Å². The van der Waals surface area contributed by atoms with Crippen molar-refractivity contribution >= 4 is 60.2 Å². The Labute approximate surface area is 277 Å². The minimum absolute atomic E-state index is 0.169. The van der Waals surface area contributed by atoms with Crippen molar-refractivity contribution in [2.24, 2.45) is 9.98 Å². The zero-order chi connectivity index (χ0) is 31.6. The van der Waals surface area contributed by atoms with E-state index in [-0.39, 0.29) is 5.84 Å². The van der Waals surface area contributed by atoms with E-state index in [4.69, 9.17) is 15.4 Å². The molecule has 1 heterocycles. The monoisotopic (exact) mass is 619 g/mol. The molecular formula is C43H29N3S. The lowest BCUT2D eigenvalue weighted by Crippen LogP contribution is -2.05. The molecule has 0 unspecified atom stereocenters. The molecule has 222 valence electrons. The van der Waals surface area contributed by atoms with Crippen LogP contribution in [0.4, 0.5) is 0 Å². The Kier molecular flexibility index (Phi) is 7.54. The van der Waals surface area contributed by atoms with Crippen LogP contribution < -0.4 is 0 Å². The lowest BCUT2D eigenvalue weighted by atomic mass is 9.92. The number of amidine groups is 2. The number of thiophene rings is 1. The number of hydrogen-bond acceptors (Lipinski definition) is 2. The quantitative estimate of drug-likeness (QED) is 0.147. The summed E-state index contributed by atoms with van der Waals surface area (Å²) >= 11 is 1.85. The first-order valence-electron chi connectivity index (χ1n) is 15.6. The normalized spacial score (nSPS) is 12.0. The molecule has 0 fully saturated rings. The van der Waals surface area contributed by atoms with Gasteiger partial charge in [0.1, 0.15) is 0 Å². The number of fused-ring (bicyclic) bond motifs is 4. The highest BCUT2D eigenvalue weighted by Gasteiger charge is 2.14. The molecule has 0 spiro atoms. The molecule has 0 aliphatic heterocycles. The number of aliphatic imine (C=N–C) groups is 2. The first-order valence-corrected chi connectivity index (χ1v) is 16.4. The molecule has 0 aliphatic rings. The maximum absolute atomic E-state index is 9.16. The number of hydrogen-bond donors (Lipinski definition) is 1. The van der Waals surface area contributed by atoms with Crippen LogP contribution in [0.2, 0.25) is 0 Å². The fourth-order valence-electron chi connectivity index (χ4n) is 6.18. The van der Waals surface area contributed by atoms with Gasteiger partial charge >= 0.3 is 0 Å². The number of nitrogens with zero attached hydrogens (tertiary/aromatic N) is 2. The van der Waals surface area contributed by atoms with E-state index in [1.165, 1.54) is 31.3 Å². The summed E-state index contributed by atoms with van der Waals surface area (Å²) < 4.78 is 2.61. The Morgan fingerprint density at radius 3 is 1.98 bits per heavy atom. The minimum atomic E-state index is 0.169. The van der Waals surface area contributed by atoms with Crippen LogP contribution >= 0.6 is 11.3 Å². The fraction of sp³-hybridized carbons (Fsp3) is 0. The molecule has 1 aromatic heterocycles. The van der Waals surface area contributed by atoms with Crippen LogP contribution in [0.1, 0.15) is 16.7 Å². The zero-order valence-corrected chi connectivity index (χ0v) is 26.3. The number of benzene rings is 7. The van der Waals surface area contributed by atoms with Gasteiger partial charge in [0.15, 0.2) is 11.7 Å². The molecule has 0 atom stereocenters. The van der Waals surface area contributed by atoms with E-state index in [0.717, 1.165) is 38.6 Å². The van der Waals surface area contributed by atoms with Gasteiger partial charge in [-0.3, -0.25) is 5.41 Å². The van der Waals surface area contributed by atoms with Gasteiger partial charge in [0.05, 0.1) is 0 Å². The largest absolute Gasteiger partial charge is 0.282 e. The Morgan fingerprint density at radius 2 is 1.17 bits per heavy atom. The van der Waals surface area contributed by atoms with Gasteiger partial charge in [-0.15, -0.1) is 11.3 Å². The van der Waals surface area contributed by atoms with Crippen molar-refractivity contribution in [3.05, 3.63) is 180 Å². The van der Waals surface area contributed by atoms with E-state index < -0.39 is 0 Å². The highest BCUT2D eigenvalue weighted by Crippen LogP contribution is 2.41. The Bertz CT molecular complexity index is 2470. The highest BCUT2D eigenvalue weighted by atomic mass is 32.1. The molecule has 7 aromatic carbocycles. The standard InChI is InChI=1S/C43H29N3S/c44-42(46-43(30-15-5-2-6-16-30)45-28-29-13-3-1-4-14-29)39-26-25-33(35-19-7-8-20-36(35)39)31-17-11-18-32(27-31)34-22-12-23-38-37-21-9-10-24-40(37)47-41(34)38/h1-28,44H. The first-order chi connectivity index (χ1) is 23.2. The molecule has 0 radical (unpaired) electrons. The van der Waals surface area contributed by atoms with E-state index in [1.54, 1.807) is 6.21 Å². The van der Waals surface area contributed by atoms with Crippen LogP contribution in [0.25, 0.3) is 53.2 Å². The smallest absolute Gasteiger partial charge is 0.161 e. The van der Waals surface area contributed by atoms with Crippen LogP contribution in [-0.4, -0.2) is 17.9 Å². The first kappa shape index (κ1) is 28.5.